The van der Waals surface area contributed by atoms with Gasteiger partial charge in [0, 0.05) is 37.6 Å². The van der Waals surface area contributed by atoms with Gasteiger partial charge in [-0.3, -0.25) is 19.1 Å². The van der Waals surface area contributed by atoms with Gasteiger partial charge in [0.1, 0.15) is 12.3 Å². The highest BCUT2D eigenvalue weighted by molar-refractivity contribution is 5.96. The Balaban J connectivity index is 1.37. The largest absolute Gasteiger partial charge is 0.493 e. The van der Waals surface area contributed by atoms with Crippen molar-refractivity contribution in [1.82, 2.24) is 20.4 Å². The van der Waals surface area contributed by atoms with E-state index in [1.165, 1.54) is 0 Å². The zero-order chi connectivity index (χ0) is 24.2. The second-order valence-corrected chi connectivity index (χ2v) is 7.52. The van der Waals surface area contributed by atoms with Gasteiger partial charge in [0.15, 0.2) is 0 Å². The van der Waals surface area contributed by atoms with Crippen LogP contribution in [0.25, 0.3) is 0 Å². The number of benzene rings is 2. The average Bonchev–Trinajstić information content (AvgIpc) is 3.34. The van der Waals surface area contributed by atoms with E-state index in [4.69, 9.17) is 4.74 Å². The monoisotopic (exact) mass is 463 g/mol. The molecule has 0 radical (unpaired) electrons. The third kappa shape index (κ3) is 7.77. The summed E-state index contributed by atoms with van der Waals surface area (Å²) in [5.74, 6) is 0.0174. The standard InChI is InChI=1S/C25H29N5O4/c1-2-34-22-11-4-3-10-21(22)25(33)26-13-6-12-23(31)27-17-19-8-5-9-20(16-19)29-24(32)18-30-15-7-14-28-30/h3-5,7-11,14-16H,2,6,12-13,17-18H2,1H3,(H,26,33)(H,27,31)(H,29,32). The van der Waals surface area contributed by atoms with Crippen molar-refractivity contribution in [2.24, 2.45) is 0 Å². The number of nitrogens with one attached hydrogen (secondary N) is 3. The van der Waals surface area contributed by atoms with Crippen molar-refractivity contribution in [3.8, 4) is 5.75 Å². The van der Waals surface area contributed by atoms with Gasteiger partial charge < -0.3 is 20.7 Å². The maximum absolute atomic E-state index is 12.4. The van der Waals surface area contributed by atoms with Crippen LogP contribution < -0.4 is 20.7 Å². The van der Waals surface area contributed by atoms with Crippen molar-refractivity contribution in [1.29, 1.82) is 0 Å². The summed E-state index contributed by atoms with van der Waals surface area (Å²) in [6.07, 6.45) is 4.13. The lowest BCUT2D eigenvalue weighted by Gasteiger charge is -2.11. The number of carbonyl (C=O) groups excluding carboxylic acids is 3. The summed E-state index contributed by atoms with van der Waals surface area (Å²) in [5, 5.41) is 12.5. The van der Waals surface area contributed by atoms with Crippen molar-refractivity contribution in [2.75, 3.05) is 18.5 Å². The van der Waals surface area contributed by atoms with Gasteiger partial charge in [-0.05, 0) is 49.2 Å². The lowest BCUT2D eigenvalue weighted by Crippen LogP contribution is -2.27. The van der Waals surface area contributed by atoms with Gasteiger partial charge in [-0.15, -0.1) is 0 Å². The zero-order valence-corrected chi connectivity index (χ0v) is 19.1. The average molecular weight is 464 g/mol. The molecule has 0 saturated heterocycles. The first kappa shape index (κ1) is 24.5. The Morgan fingerprint density at radius 2 is 1.85 bits per heavy atom. The molecule has 3 aromatic rings. The minimum absolute atomic E-state index is 0.114. The first-order valence-electron chi connectivity index (χ1n) is 11.2. The third-order valence-electron chi connectivity index (χ3n) is 4.86. The van der Waals surface area contributed by atoms with Crippen LogP contribution in [-0.2, 0) is 22.7 Å². The van der Waals surface area contributed by atoms with Crippen LogP contribution >= 0.6 is 0 Å². The number of amides is 3. The smallest absolute Gasteiger partial charge is 0.255 e. The Kier molecular flexibility index (Phi) is 9.21. The van der Waals surface area contributed by atoms with Crippen LogP contribution in [0, 0.1) is 0 Å². The Labute approximate surface area is 198 Å². The molecule has 9 heteroatoms. The molecule has 0 fully saturated rings. The molecule has 0 aliphatic rings. The molecule has 34 heavy (non-hydrogen) atoms. The van der Waals surface area contributed by atoms with Crippen LogP contribution in [0.5, 0.6) is 5.75 Å². The maximum atomic E-state index is 12.4. The van der Waals surface area contributed by atoms with E-state index in [0.29, 0.717) is 43.1 Å². The van der Waals surface area contributed by atoms with Crippen molar-refractivity contribution in [3.63, 3.8) is 0 Å². The van der Waals surface area contributed by atoms with E-state index in [2.05, 4.69) is 21.0 Å². The fourth-order valence-electron chi connectivity index (χ4n) is 3.27. The fraction of sp³-hybridized carbons (Fsp3) is 0.280. The lowest BCUT2D eigenvalue weighted by atomic mass is 10.2. The van der Waals surface area contributed by atoms with Gasteiger partial charge in [0.25, 0.3) is 5.91 Å². The number of nitrogens with zero attached hydrogens (tertiary/aromatic N) is 2. The predicted molar refractivity (Wildman–Crippen MR) is 128 cm³/mol. The van der Waals surface area contributed by atoms with E-state index >= 15 is 0 Å². The molecule has 0 saturated carbocycles. The number of ether oxygens (including phenoxy) is 1. The first-order chi connectivity index (χ1) is 16.5. The molecule has 1 heterocycles. The van der Waals surface area contributed by atoms with E-state index in [1.54, 1.807) is 47.4 Å². The lowest BCUT2D eigenvalue weighted by molar-refractivity contribution is -0.121. The Morgan fingerprint density at radius 3 is 2.65 bits per heavy atom. The molecular formula is C25H29N5O4. The van der Waals surface area contributed by atoms with Gasteiger partial charge in [-0.25, -0.2) is 0 Å². The molecule has 1 aromatic heterocycles. The quantitative estimate of drug-likeness (QED) is 0.358. The highest BCUT2D eigenvalue weighted by Crippen LogP contribution is 2.17. The number of carbonyl (C=O) groups is 3. The van der Waals surface area contributed by atoms with Crippen LogP contribution in [0.15, 0.2) is 67.0 Å². The number of para-hydroxylation sites is 1. The molecule has 3 rings (SSSR count). The second kappa shape index (κ2) is 12.8. The van der Waals surface area contributed by atoms with Gasteiger partial charge in [0.05, 0.1) is 12.2 Å². The molecule has 0 aliphatic carbocycles. The van der Waals surface area contributed by atoms with Crippen molar-refractivity contribution in [3.05, 3.63) is 78.1 Å². The van der Waals surface area contributed by atoms with Crippen LogP contribution in [-0.4, -0.2) is 40.7 Å². The van der Waals surface area contributed by atoms with E-state index in [9.17, 15) is 14.4 Å². The van der Waals surface area contributed by atoms with Crippen molar-refractivity contribution < 1.29 is 19.1 Å². The zero-order valence-electron chi connectivity index (χ0n) is 19.1. The van der Waals surface area contributed by atoms with Gasteiger partial charge in [0.2, 0.25) is 11.8 Å². The third-order valence-corrected chi connectivity index (χ3v) is 4.86. The highest BCUT2D eigenvalue weighted by atomic mass is 16.5. The summed E-state index contributed by atoms with van der Waals surface area (Å²) in [4.78, 5) is 36.7. The van der Waals surface area contributed by atoms with E-state index in [1.807, 2.05) is 31.2 Å². The maximum Gasteiger partial charge on any atom is 0.255 e. The number of rotatable bonds is 12. The molecule has 0 atom stereocenters. The molecule has 0 spiro atoms. The normalized spacial score (nSPS) is 10.4. The summed E-state index contributed by atoms with van der Waals surface area (Å²) in [6, 6.07) is 16.1. The summed E-state index contributed by atoms with van der Waals surface area (Å²) < 4.78 is 7.02. The van der Waals surface area contributed by atoms with Crippen molar-refractivity contribution >= 4 is 23.4 Å². The molecule has 2 aromatic carbocycles. The number of hydrogen-bond donors (Lipinski definition) is 3. The Morgan fingerprint density at radius 1 is 1.00 bits per heavy atom. The van der Waals surface area contributed by atoms with Gasteiger partial charge in [-0.2, -0.15) is 5.10 Å². The molecule has 9 nitrogen and oxygen atoms in total. The molecule has 3 amide bonds. The minimum atomic E-state index is -0.226. The Bertz CT molecular complexity index is 1100. The topological polar surface area (TPSA) is 114 Å². The first-order valence-corrected chi connectivity index (χ1v) is 11.2. The van der Waals surface area contributed by atoms with Crippen LogP contribution in [0.4, 0.5) is 5.69 Å². The number of aromatic nitrogens is 2. The van der Waals surface area contributed by atoms with Crippen LogP contribution in [0.2, 0.25) is 0 Å². The second-order valence-electron chi connectivity index (χ2n) is 7.52. The van der Waals surface area contributed by atoms with Crippen molar-refractivity contribution in [2.45, 2.75) is 32.9 Å². The predicted octanol–water partition coefficient (Wildman–Crippen LogP) is 2.75. The molecule has 0 aliphatic heterocycles. The fourth-order valence-corrected chi connectivity index (χ4v) is 3.27. The van der Waals surface area contributed by atoms with E-state index in [0.717, 1.165) is 5.56 Å². The summed E-state index contributed by atoms with van der Waals surface area (Å²) in [6.45, 7) is 3.19. The minimum Gasteiger partial charge on any atom is -0.493 e. The van der Waals surface area contributed by atoms with E-state index in [-0.39, 0.29) is 30.7 Å². The van der Waals surface area contributed by atoms with E-state index < -0.39 is 0 Å². The molecule has 178 valence electrons. The SMILES string of the molecule is CCOc1ccccc1C(=O)NCCCC(=O)NCc1cccc(NC(=O)Cn2cccn2)c1. The number of anilines is 1. The molecular weight excluding hydrogens is 434 g/mol. The molecule has 0 unspecified atom stereocenters. The molecule has 3 N–H and O–H groups in total. The Hall–Kier alpha value is -4.14. The summed E-state index contributed by atoms with van der Waals surface area (Å²) in [7, 11) is 0. The highest BCUT2D eigenvalue weighted by Gasteiger charge is 2.11. The van der Waals surface area contributed by atoms with Gasteiger partial charge in [-0.1, -0.05) is 24.3 Å². The van der Waals surface area contributed by atoms with Gasteiger partial charge >= 0.3 is 0 Å². The number of hydrogen-bond acceptors (Lipinski definition) is 5. The molecule has 0 bridgehead atoms. The summed E-state index contributed by atoms with van der Waals surface area (Å²) in [5.41, 5.74) is 2.00. The van der Waals surface area contributed by atoms with Crippen LogP contribution in [0.3, 0.4) is 0 Å². The summed E-state index contributed by atoms with van der Waals surface area (Å²) >= 11 is 0. The van der Waals surface area contributed by atoms with Crippen LogP contribution in [0.1, 0.15) is 35.7 Å².